The van der Waals surface area contributed by atoms with Gasteiger partial charge in [-0.15, -0.1) is 0 Å². The van der Waals surface area contributed by atoms with Crippen LogP contribution in [-0.4, -0.2) is 19.3 Å². The van der Waals surface area contributed by atoms with E-state index >= 15 is 0 Å². The van der Waals surface area contributed by atoms with E-state index in [0.717, 1.165) is 0 Å². The lowest BCUT2D eigenvalue weighted by molar-refractivity contribution is 0.344. The predicted octanol–water partition coefficient (Wildman–Crippen LogP) is 3.20. The highest BCUT2D eigenvalue weighted by molar-refractivity contribution is 5.54. The van der Waals surface area contributed by atoms with E-state index in [2.05, 4.69) is 0 Å². The van der Waals surface area contributed by atoms with Crippen LogP contribution in [0.5, 0.6) is 28.7 Å². The van der Waals surface area contributed by atoms with E-state index < -0.39 is 0 Å². The zero-order chi connectivity index (χ0) is 13.0. The fourth-order valence-corrected chi connectivity index (χ4v) is 1.55. The largest absolute Gasteiger partial charge is 0.504 e. The molecule has 2 aromatic rings. The SMILES string of the molecule is COc1cc(O)c(Oc2ccccc2)cc1OC. The standard InChI is InChI=1S/C14H14O4/c1-16-13-8-11(15)12(9-14(13)17-2)18-10-6-4-3-5-7-10/h3-9,15H,1-2H3. The third-order valence-electron chi connectivity index (χ3n) is 2.44. The monoisotopic (exact) mass is 246 g/mol. The molecule has 0 aromatic heterocycles. The Labute approximate surface area is 105 Å². The van der Waals surface area contributed by atoms with Gasteiger partial charge in [-0.1, -0.05) is 18.2 Å². The maximum atomic E-state index is 9.84. The van der Waals surface area contributed by atoms with Crippen LogP contribution in [0.3, 0.4) is 0 Å². The van der Waals surface area contributed by atoms with Crippen LogP contribution < -0.4 is 14.2 Å². The highest BCUT2D eigenvalue weighted by Crippen LogP contribution is 2.40. The molecule has 18 heavy (non-hydrogen) atoms. The lowest BCUT2D eigenvalue weighted by Gasteiger charge is -2.12. The first-order valence-corrected chi connectivity index (χ1v) is 5.42. The van der Waals surface area contributed by atoms with Crippen LogP contribution in [0.2, 0.25) is 0 Å². The average molecular weight is 246 g/mol. The van der Waals surface area contributed by atoms with Crippen LogP contribution in [0, 0.1) is 0 Å². The Kier molecular flexibility index (Phi) is 3.57. The zero-order valence-electron chi connectivity index (χ0n) is 10.2. The van der Waals surface area contributed by atoms with Crippen molar-refractivity contribution in [2.45, 2.75) is 0 Å². The lowest BCUT2D eigenvalue weighted by Crippen LogP contribution is -1.92. The highest BCUT2D eigenvalue weighted by Gasteiger charge is 2.12. The van der Waals surface area contributed by atoms with Gasteiger partial charge in [0.25, 0.3) is 0 Å². The van der Waals surface area contributed by atoms with E-state index in [4.69, 9.17) is 14.2 Å². The number of benzene rings is 2. The zero-order valence-corrected chi connectivity index (χ0v) is 10.2. The quantitative estimate of drug-likeness (QED) is 0.899. The summed E-state index contributed by atoms with van der Waals surface area (Å²) in [5.41, 5.74) is 0. The Balaban J connectivity index is 2.33. The first kappa shape index (κ1) is 12.1. The maximum Gasteiger partial charge on any atom is 0.173 e. The van der Waals surface area contributed by atoms with Crippen LogP contribution in [0.25, 0.3) is 0 Å². The molecule has 0 atom stereocenters. The average Bonchev–Trinajstić information content (AvgIpc) is 2.41. The normalized spacial score (nSPS) is 9.89. The van der Waals surface area contributed by atoms with Crippen molar-refractivity contribution in [2.75, 3.05) is 14.2 Å². The van der Waals surface area contributed by atoms with Gasteiger partial charge in [0.05, 0.1) is 14.2 Å². The molecule has 0 spiro atoms. The van der Waals surface area contributed by atoms with Gasteiger partial charge in [-0.3, -0.25) is 0 Å². The molecule has 1 N–H and O–H groups in total. The Morgan fingerprint density at radius 3 is 2.06 bits per heavy atom. The molecule has 2 aromatic carbocycles. The molecule has 0 aliphatic carbocycles. The molecule has 2 rings (SSSR count). The van der Waals surface area contributed by atoms with E-state index in [-0.39, 0.29) is 5.75 Å². The van der Waals surface area contributed by atoms with Gasteiger partial charge in [0.1, 0.15) is 5.75 Å². The summed E-state index contributed by atoms with van der Waals surface area (Å²) >= 11 is 0. The second-order valence-corrected chi connectivity index (χ2v) is 3.59. The molecule has 0 fully saturated rings. The molecule has 0 aliphatic rings. The number of hydrogen-bond acceptors (Lipinski definition) is 4. The summed E-state index contributed by atoms with van der Waals surface area (Å²) in [4.78, 5) is 0. The number of para-hydroxylation sites is 1. The van der Waals surface area contributed by atoms with Crippen molar-refractivity contribution in [1.82, 2.24) is 0 Å². The molecule has 0 unspecified atom stereocenters. The third kappa shape index (κ3) is 2.48. The Morgan fingerprint density at radius 1 is 0.833 bits per heavy atom. The Hall–Kier alpha value is -2.36. The molecule has 0 saturated heterocycles. The van der Waals surface area contributed by atoms with E-state index in [9.17, 15) is 5.11 Å². The van der Waals surface area contributed by atoms with Gasteiger partial charge in [0, 0.05) is 12.1 Å². The Bertz CT molecular complexity index is 523. The molecule has 94 valence electrons. The molecular formula is C14H14O4. The summed E-state index contributed by atoms with van der Waals surface area (Å²) in [6.07, 6.45) is 0. The molecule has 4 heteroatoms. The summed E-state index contributed by atoms with van der Waals surface area (Å²) in [6, 6.07) is 12.2. The number of phenolic OH excluding ortho intramolecular Hbond substituents is 1. The number of aromatic hydroxyl groups is 1. The van der Waals surface area contributed by atoms with E-state index in [1.165, 1.54) is 20.3 Å². The van der Waals surface area contributed by atoms with Gasteiger partial charge >= 0.3 is 0 Å². The summed E-state index contributed by atoms with van der Waals surface area (Å²) in [6.45, 7) is 0. The van der Waals surface area contributed by atoms with Crippen molar-refractivity contribution < 1.29 is 19.3 Å². The van der Waals surface area contributed by atoms with Gasteiger partial charge in [-0.05, 0) is 12.1 Å². The third-order valence-corrected chi connectivity index (χ3v) is 2.44. The summed E-state index contributed by atoms with van der Waals surface area (Å²) in [5, 5.41) is 9.84. The van der Waals surface area contributed by atoms with Crippen LogP contribution in [0.4, 0.5) is 0 Å². The summed E-state index contributed by atoms with van der Waals surface area (Å²) < 4.78 is 15.8. The maximum absolute atomic E-state index is 9.84. The number of hydrogen-bond donors (Lipinski definition) is 1. The minimum atomic E-state index is -0.00324. The number of ether oxygens (including phenoxy) is 3. The smallest absolute Gasteiger partial charge is 0.173 e. The first-order chi connectivity index (χ1) is 8.74. The minimum Gasteiger partial charge on any atom is -0.504 e. The molecule has 0 bridgehead atoms. The van der Waals surface area contributed by atoms with E-state index in [0.29, 0.717) is 23.0 Å². The van der Waals surface area contributed by atoms with E-state index in [1.54, 1.807) is 18.2 Å². The van der Waals surface area contributed by atoms with Crippen molar-refractivity contribution in [1.29, 1.82) is 0 Å². The van der Waals surface area contributed by atoms with Gasteiger partial charge in [0.15, 0.2) is 23.0 Å². The number of methoxy groups -OCH3 is 2. The first-order valence-electron chi connectivity index (χ1n) is 5.42. The van der Waals surface area contributed by atoms with Crippen molar-refractivity contribution in [2.24, 2.45) is 0 Å². The van der Waals surface area contributed by atoms with Crippen LogP contribution >= 0.6 is 0 Å². The Morgan fingerprint density at radius 2 is 1.44 bits per heavy atom. The van der Waals surface area contributed by atoms with Gasteiger partial charge in [-0.25, -0.2) is 0 Å². The molecule has 0 radical (unpaired) electrons. The number of rotatable bonds is 4. The van der Waals surface area contributed by atoms with E-state index in [1.807, 2.05) is 18.2 Å². The minimum absolute atomic E-state index is 0.00324. The topological polar surface area (TPSA) is 47.9 Å². The van der Waals surface area contributed by atoms with Crippen LogP contribution in [0.1, 0.15) is 0 Å². The molecule has 4 nitrogen and oxygen atoms in total. The van der Waals surface area contributed by atoms with Crippen LogP contribution in [-0.2, 0) is 0 Å². The number of phenols is 1. The lowest BCUT2D eigenvalue weighted by atomic mass is 10.2. The molecule has 0 aliphatic heterocycles. The highest BCUT2D eigenvalue weighted by atomic mass is 16.5. The van der Waals surface area contributed by atoms with Gasteiger partial charge in [0.2, 0.25) is 0 Å². The molecule has 0 saturated carbocycles. The molecule has 0 heterocycles. The van der Waals surface area contributed by atoms with Crippen molar-refractivity contribution in [3.63, 3.8) is 0 Å². The summed E-state index contributed by atoms with van der Waals surface area (Å²) in [7, 11) is 3.04. The van der Waals surface area contributed by atoms with Gasteiger partial charge < -0.3 is 19.3 Å². The van der Waals surface area contributed by atoms with Crippen molar-refractivity contribution in [3.8, 4) is 28.7 Å². The fraction of sp³-hybridized carbons (Fsp3) is 0.143. The fourth-order valence-electron chi connectivity index (χ4n) is 1.55. The molecule has 0 amide bonds. The second-order valence-electron chi connectivity index (χ2n) is 3.59. The predicted molar refractivity (Wildman–Crippen MR) is 67.7 cm³/mol. The van der Waals surface area contributed by atoms with Crippen LogP contribution in [0.15, 0.2) is 42.5 Å². The van der Waals surface area contributed by atoms with Gasteiger partial charge in [-0.2, -0.15) is 0 Å². The summed E-state index contributed by atoms with van der Waals surface area (Å²) in [5.74, 6) is 1.91. The van der Waals surface area contributed by atoms with Crippen molar-refractivity contribution in [3.05, 3.63) is 42.5 Å². The van der Waals surface area contributed by atoms with Crippen molar-refractivity contribution >= 4 is 0 Å². The second kappa shape index (κ2) is 5.31. The molecular weight excluding hydrogens is 232 g/mol.